The molecule has 0 radical (unpaired) electrons. The van der Waals surface area contributed by atoms with E-state index in [0.717, 1.165) is 44.1 Å². The van der Waals surface area contributed by atoms with Crippen molar-refractivity contribution in [1.82, 2.24) is 0 Å². The van der Waals surface area contributed by atoms with Crippen LogP contribution in [0.15, 0.2) is 18.2 Å². The minimum absolute atomic E-state index is 0.112. The van der Waals surface area contributed by atoms with Crippen molar-refractivity contribution in [3.05, 3.63) is 41.0 Å². The summed E-state index contributed by atoms with van der Waals surface area (Å²) in [6.45, 7) is 8.60. The van der Waals surface area contributed by atoms with Gasteiger partial charge in [0.05, 0.1) is 0 Å². The molecule has 0 aromatic heterocycles. The summed E-state index contributed by atoms with van der Waals surface area (Å²) in [5, 5.41) is 0. The van der Waals surface area contributed by atoms with Crippen LogP contribution in [-0.2, 0) is 0 Å². The highest BCUT2D eigenvalue weighted by molar-refractivity contribution is 5.67. The highest BCUT2D eigenvalue weighted by Crippen LogP contribution is 2.35. The maximum atomic E-state index is 14.7. The van der Waals surface area contributed by atoms with Crippen molar-refractivity contribution in [2.45, 2.75) is 72.1 Å². The number of hydrogen-bond acceptors (Lipinski definition) is 0. The molecule has 1 aliphatic carbocycles. The number of allylic oxidation sites excluding steroid dienone is 2. The van der Waals surface area contributed by atoms with Gasteiger partial charge < -0.3 is 0 Å². The first kappa shape index (κ1) is 18.2. The fourth-order valence-corrected chi connectivity index (χ4v) is 3.45. The predicted molar refractivity (Wildman–Crippen MR) is 94.5 cm³/mol. The Balaban J connectivity index is 2.26. The van der Waals surface area contributed by atoms with E-state index in [1.165, 1.54) is 0 Å². The molecule has 2 rings (SSSR count). The Morgan fingerprint density at radius 3 is 2.43 bits per heavy atom. The lowest BCUT2D eigenvalue weighted by Crippen LogP contribution is -2.08. The molecule has 128 valence electrons. The second-order valence-electron chi connectivity index (χ2n) is 7.52. The molecule has 0 nitrogen and oxygen atoms in total. The van der Waals surface area contributed by atoms with E-state index in [4.69, 9.17) is 0 Å². The standard InChI is InChI=1S/C21H30F2/c1-5-16(9-6-14(2)3)18-12-13-19(21(23)20(18)22)17-10-7-15(4)8-11-17/h10,12-16H,5-9,11H2,1-4H3. The van der Waals surface area contributed by atoms with E-state index >= 15 is 0 Å². The number of hydrogen-bond donors (Lipinski definition) is 0. The zero-order valence-electron chi connectivity index (χ0n) is 15.0. The van der Waals surface area contributed by atoms with Crippen molar-refractivity contribution in [1.29, 1.82) is 0 Å². The fourth-order valence-electron chi connectivity index (χ4n) is 3.45. The number of benzene rings is 1. The van der Waals surface area contributed by atoms with E-state index in [9.17, 15) is 8.78 Å². The van der Waals surface area contributed by atoms with E-state index in [2.05, 4.69) is 33.8 Å². The van der Waals surface area contributed by atoms with Crippen LogP contribution in [0.2, 0.25) is 0 Å². The summed E-state index contributed by atoms with van der Waals surface area (Å²) in [6.07, 6.45) is 7.77. The molecule has 0 spiro atoms. The maximum Gasteiger partial charge on any atom is 0.166 e. The zero-order chi connectivity index (χ0) is 17.0. The van der Waals surface area contributed by atoms with Crippen LogP contribution in [0.25, 0.3) is 5.57 Å². The van der Waals surface area contributed by atoms with E-state index in [1.807, 2.05) is 6.07 Å². The molecule has 1 aromatic carbocycles. The highest BCUT2D eigenvalue weighted by Gasteiger charge is 2.22. The molecule has 0 aliphatic heterocycles. The lowest BCUT2D eigenvalue weighted by Gasteiger charge is -2.21. The topological polar surface area (TPSA) is 0 Å². The molecule has 0 saturated carbocycles. The van der Waals surface area contributed by atoms with Gasteiger partial charge in [-0.05, 0) is 61.0 Å². The highest BCUT2D eigenvalue weighted by atomic mass is 19.2. The number of rotatable bonds is 6. The average molecular weight is 320 g/mol. The lowest BCUT2D eigenvalue weighted by atomic mass is 9.85. The summed E-state index contributed by atoms with van der Waals surface area (Å²) < 4.78 is 29.3. The third-order valence-corrected chi connectivity index (χ3v) is 5.16. The Morgan fingerprint density at radius 1 is 1.13 bits per heavy atom. The van der Waals surface area contributed by atoms with E-state index in [1.54, 1.807) is 6.07 Å². The van der Waals surface area contributed by atoms with Crippen LogP contribution >= 0.6 is 0 Å². The lowest BCUT2D eigenvalue weighted by molar-refractivity contribution is 0.451. The van der Waals surface area contributed by atoms with Gasteiger partial charge in [-0.25, -0.2) is 8.78 Å². The Kier molecular flexibility index (Phi) is 6.38. The summed E-state index contributed by atoms with van der Waals surface area (Å²) in [6, 6.07) is 3.62. The third kappa shape index (κ3) is 4.43. The van der Waals surface area contributed by atoms with Gasteiger partial charge in [0.1, 0.15) is 0 Å². The Morgan fingerprint density at radius 2 is 1.87 bits per heavy atom. The fraction of sp³-hybridized carbons (Fsp3) is 0.619. The normalized spacial score (nSPS) is 19.8. The Labute approximate surface area is 140 Å². The summed E-state index contributed by atoms with van der Waals surface area (Å²) in [4.78, 5) is 0. The van der Waals surface area contributed by atoms with Crippen LogP contribution in [0.3, 0.4) is 0 Å². The minimum atomic E-state index is -0.647. The molecule has 1 aromatic rings. The van der Waals surface area contributed by atoms with Crippen molar-refractivity contribution < 1.29 is 8.78 Å². The molecule has 0 fully saturated rings. The summed E-state index contributed by atoms with van der Waals surface area (Å²) in [7, 11) is 0. The van der Waals surface area contributed by atoms with E-state index in [0.29, 0.717) is 23.0 Å². The molecule has 2 heteroatoms. The first-order valence-corrected chi connectivity index (χ1v) is 9.11. The number of halogens is 2. The van der Waals surface area contributed by atoms with Gasteiger partial charge in [-0.15, -0.1) is 0 Å². The van der Waals surface area contributed by atoms with Gasteiger partial charge in [0.2, 0.25) is 0 Å². The molecule has 0 heterocycles. The van der Waals surface area contributed by atoms with Crippen LogP contribution in [0, 0.1) is 23.5 Å². The van der Waals surface area contributed by atoms with Crippen LogP contribution in [0.1, 0.15) is 83.3 Å². The van der Waals surface area contributed by atoms with Crippen LogP contribution in [0.5, 0.6) is 0 Å². The molecule has 2 atom stereocenters. The van der Waals surface area contributed by atoms with Crippen LogP contribution in [0.4, 0.5) is 8.78 Å². The van der Waals surface area contributed by atoms with Crippen molar-refractivity contribution in [2.75, 3.05) is 0 Å². The molecule has 23 heavy (non-hydrogen) atoms. The summed E-state index contributed by atoms with van der Waals surface area (Å²) in [5.74, 6) is 0.0716. The van der Waals surface area contributed by atoms with Gasteiger partial charge in [0.15, 0.2) is 11.6 Å². The molecule has 2 unspecified atom stereocenters. The first-order chi connectivity index (χ1) is 10.9. The molecule has 0 N–H and O–H groups in total. The van der Waals surface area contributed by atoms with Crippen LogP contribution in [-0.4, -0.2) is 0 Å². The molecule has 0 bridgehead atoms. The smallest absolute Gasteiger partial charge is 0.166 e. The van der Waals surface area contributed by atoms with Gasteiger partial charge in [0.25, 0.3) is 0 Å². The van der Waals surface area contributed by atoms with Crippen molar-refractivity contribution in [3.8, 4) is 0 Å². The summed E-state index contributed by atoms with van der Waals surface area (Å²) >= 11 is 0. The molecular formula is C21H30F2. The molecule has 0 saturated heterocycles. The van der Waals surface area contributed by atoms with Gasteiger partial charge in [0, 0.05) is 5.56 Å². The summed E-state index contributed by atoms with van der Waals surface area (Å²) in [5.41, 5.74) is 2.00. The van der Waals surface area contributed by atoms with Gasteiger partial charge in [-0.2, -0.15) is 0 Å². The van der Waals surface area contributed by atoms with Gasteiger partial charge in [-0.3, -0.25) is 0 Å². The molecular weight excluding hydrogens is 290 g/mol. The van der Waals surface area contributed by atoms with E-state index in [-0.39, 0.29) is 5.92 Å². The quantitative estimate of drug-likeness (QED) is 0.524. The van der Waals surface area contributed by atoms with Crippen molar-refractivity contribution >= 4 is 5.57 Å². The SMILES string of the molecule is CCC(CCC(C)C)c1ccc(C2=CCC(C)CC2)c(F)c1F. The van der Waals surface area contributed by atoms with Crippen molar-refractivity contribution in [2.24, 2.45) is 11.8 Å². The Hall–Kier alpha value is -1.18. The first-order valence-electron chi connectivity index (χ1n) is 9.11. The minimum Gasteiger partial charge on any atom is -0.203 e. The molecule has 1 aliphatic rings. The van der Waals surface area contributed by atoms with E-state index < -0.39 is 11.6 Å². The monoisotopic (exact) mass is 320 g/mol. The zero-order valence-corrected chi connectivity index (χ0v) is 15.0. The Bertz CT molecular complexity index is 557. The van der Waals surface area contributed by atoms with Crippen molar-refractivity contribution in [3.63, 3.8) is 0 Å². The van der Waals surface area contributed by atoms with Gasteiger partial charge >= 0.3 is 0 Å². The second-order valence-corrected chi connectivity index (χ2v) is 7.52. The average Bonchev–Trinajstić information content (AvgIpc) is 2.52. The third-order valence-electron chi connectivity index (χ3n) is 5.16. The van der Waals surface area contributed by atoms with Gasteiger partial charge in [-0.1, -0.05) is 52.3 Å². The second kappa shape index (κ2) is 8.08. The molecule has 0 amide bonds. The predicted octanol–water partition coefficient (Wildman–Crippen LogP) is 7.10. The largest absolute Gasteiger partial charge is 0.203 e. The van der Waals surface area contributed by atoms with Crippen LogP contribution < -0.4 is 0 Å². The maximum absolute atomic E-state index is 14.7.